The Morgan fingerprint density at radius 2 is 1.94 bits per heavy atom. The van der Waals surface area contributed by atoms with Crippen molar-refractivity contribution in [3.05, 3.63) is 34.9 Å². The molecule has 0 aromatic carbocycles. The summed E-state index contributed by atoms with van der Waals surface area (Å²) in [6.45, 7) is 14.9. The molecule has 4 rings (SSSR count). The first-order valence-corrected chi connectivity index (χ1v) is 13.8. The molecule has 2 unspecified atom stereocenters. The monoisotopic (exact) mass is 422 g/mol. The third kappa shape index (κ3) is 5.09. The maximum atomic E-state index is 2.67. The summed E-state index contributed by atoms with van der Waals surface area (Å²) in [5.74, 6) is 4.34. The molecule has 0 spiro atoms. The minimum absolute atomic E-state index is 0.488. The van der Waals surface area contributed by atoms with E-state index in [0.717, 1.165) is 29.6 Å². The highest BCUT2D eigenvalue weighted by Gasteiger charge is 2.50. The van der Waals surface area contributed by atoms with E-state index < -0.39 is 0 Å². The van der Waals surface area contributed by atoms with Gasteiger partial charge in [0.2, 0.25) is 0 Å². The van der Waals surface area contributed by atoms with E-state index in [1.807, 2.05) is 5.57 Å². The first kappa shape index (κ1) is 23.4. The van der Waals surface area contributed by atoms with Gasteiger partial charge in [-0.2, -0.15) is 0 Å². The van der Waals surface area contributed by atoms with Gasteiger partial charge in [-0.05, 0) is 105 Å². The smallest absolute Gasteiger partial charge is 0.0143 e. The highest BCUT2D eigenvalue weighted by molar-refractivity contribution is 5.30. The minimum Gasteiger partial charge on any atom is -0.0847 e. The van der Waals surface area contributed by atoms with Crippen molar-refractivity contribution in [2.45, 2.75) is 119 Å². The van der Waals surface area contributed by atoms with Crippen molar-refractivity contribution in [1.29, 1.82) is 0 Å². The number of hydrogen-bond donors (Lipinski definition) is 0. The van der Waals surface area contributed by atoms with Crippen LogP contribution in [0.15, 0.2) is 34.9 Å². The van der Waals surface area contributed by atoms with Gasteiger partial charge in [0.15, 0.2) is 0 Å². The van der Waals surface area contributed by atoms with Crippen LogP contribution in [0, 0.1) is 40.4 Å². The Kier molecular flexibility index (Phi) is 6.96. The Balaban J connectivity index is 1.42. The van der Waals surface area contributed by atoms with Gasteiger partial charge in [0, 0.05) is 0 Å². The van der Waals surface area contributed by atoms with E-state index >= 15 is 0 Å². The molecule has 6 atom stereocenters. The summed E-state index contributed by atoms with van der Waals surface area (Å²) < 4.78 is 0. The van der Waals surface area contributed by atoms with Crippen molar-refractivity contribution >= 4 is 0 Å². The highest BCUT2D eigenvalue weighted by Crippen LogP contribution is 2.60. The molecule has 0 heteroatoms. The Bertz CT molecular complexity index is 726. The summed E-state index contributed by atoms with van der Waals surface area (Å²) in [6, 6.07) is 0. The topological polar surface area (TPSA) is 0 Å². The van der Waals surface area contributed by atoms with E-state index in [9.17, 15) is 0 Å². The van der Waals surface area contributed by atoms with Crippen LogP contribution in [0.4, 0.5) is 0 Å². The number of allylic oxidation sites excluding steroid dienone is 6. The largest absolute Gasteiger partial charge is 0.0847 e. The molecule has 0 nitrogen and oxygen atoms in total. The van der Waals surface area contributed by atoms with Crippen molar-refractivity contribution < 1.29 is 0 Å². The summed E-state index contributed by atoms with van der Waals surface area (Å²) in [7, 11) is 0. The molecule has 4 aliphatic rings. The molecule has 0 amide bonds. The zero-order valence-corrected chi connectivity index (χ0v) is 21.6. The summed E-state index contributed by atoms with van der Waals surface area (Å²) in [5.41, 5.74) is 6.38. The van der Waals surface area contributed by atoms with Crippen molar-refractivity contribution in [3.63, 3.8) is 0 Å². The van der Waals surface area contributed by atoms with E-state index in [2.05, 4.69) is 59.8 Å². The Hall–Kier alpha value is -0.780. The first-order chi connectivity index (χ1) is 14.7. The molecule has 174 valence electrons. The van der Waals surface area contributed by atoms with Crippen LogP contribution in [0.3, 0.4) is 0 Å². The second-order valence-corrected chi connectivity index (χ2v) is 13.4. The zero-order chi connectivity index (χ0) is 22.2. The Morgan fingerprint density at radius 1 is 1.13 bits per heavy atom. The van der Waals surface area contributed by atoms with Crippen molar-refractivity contribution in [1.82, 2.24) is 0 Å². The molecule has 31 heavy (non-hydrogen) atoms. The van der Waals surface area contributed by atoms with Crippen LogP contribution in [0.2, 0.25) is 0 Å². The molecule has 0 aliphatic heterocycles. The van der Waals surface area contributed by atoms with Gasteiger partial charge in [-0.3, -0.25) is 0 Å². The van der Waals surface area contributed by atoms with E-state index in [4.69, 9.17) is 0 Å². The van der Waals surface area contributed by atoms with Gasteiger partial charge >= 0.3 is 0 Å². The lowest BCUT2D eigenvalue weighted by Gasteiger charge is -2.44. The summed E-state index contributed by atoms with van der Waals surface area (Å²) in [6.07, 6.45) is 24.5. The molecule has 0 bridgehead atoms. The average molecular weight is 423 g/mol. The lowest BCUT2D eigenvalue weighted by molar-refractivity contribution is 0.0920. The molecule has 0 radical (unpaired) electrons. The van der Waals surface area contributed by atoms with Gasteiger partial charge in [0.25, 0.3) is 0 Å². The summed E-state index contributed by atoms with van der Waals surface area (Å²) in [4.78, 5) is 0. The van der Waals surface area contributed by atoms with Gasteiger partial charge in [-0.15, -0.1) is 0 Å². The average Bonchev–Trinajstić information content (AvgIpc) is 3.29. The molecule has 0 aromatic rings. The lowest BCUT2D eigenvalue weighted by atomic mass is 9.60. The van der Waals surface area contributed by atoms with Crippen LogP contribution in [0.1, 0.15) is 119 Å². The molecule has 0 saturated heterocycles. The maximum absolute atomic E-state index is 2.67. The Morgan fingerprint density at radius 3 is 2.71 bits per heavy atom. The third-order valence-electron chi connectivity index (χ3n) is 9.86. The number of fused-ring (bicyclic) bond motifs is 2. The third-order valence-corrected chi connectivity index (χ3v) is 9.86. The maximum Gasteiger partial charge on any atom is -0.0143 e. The van der Waals surface area contributed by atoms with Gasteiger partial charge < -0.3 is 0 Å². The molecule has 4 aliphatic carbocycles. The van der Waals surface area contributed by atoms with Crippen LogP contribution in [-0.4, -0.2) is 0 Å². The second-order valence-electron chi connectivity index (χ2n) is 13.4. The minimum atomic E-state index is 0.488. The van der Waals surface area contributed by atoms with Crippen LogP contribution in [-0.2, 0) is 0 Å². The molecular formula is C31H50. The normalized spacial score (nSPS) is 39.5. The fourth-order valence-corrected chi connectivity index (χ4v) is 8.25. The first-order valence-electron chi connectivity index (χ1n) is 13.8. The molecule has 3 fully saturated rings. The molecule has 3 saturated carbocycles. The number of hydrogen-bond acceptors (Lipinski definition) is 0. The van der Waals surface area contributed by atoms with E-state index in [1.165, 1.54) is 77.0 Å². The van der Waals surface area contributed by atoms with Crippen molar-refractivity contribution in [2.24, 2.45) is 40.4 Å². The summed E-state index contributed by atoms with van der Waals surface area (Å²) >= 11 is 0. The predicted octanol–water partition coefficient (Wildman–Crippen LogP) is 9.67. The van der Waals surface area contributed by atoms with Gasteiger partial charge in [-0.1, -0.05) is 89.3 Å². The van der Waals surface area contributed by atoms with E-state index in [0.29, 0.717) is 10.8 Å². The highest BCUT2D eigenvalue weighted by atomic mass is 14.5. The lowest BCUT2D eigenvalue weighted by Crippen LogP contribution is -2.36. The van der Waals surface area contributed by atoms with Gasteiger partial charge in [0.05, 0.1) is 0 Å². The van der Waals surface area contributed by atoms with Crippen LogP contribution in [0.25, 0.3) is 0 Å². The molecule has 0 N–H and O–H groups in total. The molecule has 0 heterocycles. The second kappa shape index (κ2) is 9.23. The summed E-state index contributed by atoms with van der Waals surface area (Å²) in [5, 5.41) is 0. The fourth-order valence-electron chi connectivity index (χ4n) is 8.25. The van der Waals surface area contributed by atoms with Crippen LogP contribution < -0.4 is 0 Å². The van der Waals surface area contributed by atoms with Gasteiger partial charge in [0.1, 0.15) is 0 Å². The van der Waals surface area contributed by atoms with Gasteiger partial charge in [-0.25, -0.2) is 0 Å². The molecule has 0 aromatic heterocycles. The van der Waals surface area contributed by atoms with E-state index in [-0.39, 0.29) is 0 Å². The van der Waals surface area contributed by atoms with Crippen LogP contribution >= 0.6 is 0 Å². The number of rotatable bonds is 5. The van der Waals surface area contributed by atoms with E-state index in [1.54, 1.807) is 11.1 Å². The van der Waals surface area contributed by atoms with Crippen LogP contribution in [0.5, 0.6) is 0 Å². The van der Waals surface area contributed by atoms with Crippen molar-refractivity contribution in [3.8, 4) is 0 Å². The zero-order valence-electron chi connectivity index (χ0n) is 21.6. The SMILES string of the molecule is C[C@@H]1C/C(=C\C=C2/CCC[C@@]3(C)C2CCC3[C@H](C)CCCC(C)(C)C)C[C@@H]2CCC=C21. The standard InChI is InChI=1S/C31H50/c1-22(10-8-18-30(3,4)5)28-16-17-29-25(12-9-19-31(28,29)6)15-14-24-20-23(2)27-13-7-11-26(27)21-24/h13-15,22-23,26,28-29H,7-12,16-21H2,1-6H3/b24-14+,25-15+/t22-,23-,26+,28?,29?,31-/m1/s1. The van der Waals surface area contributed by atoms with Crippen molar-refractivity contribution in [2.75, 3.05) is 0 Å². The predicted molar refractivity (Wildman–Crippen MR) is 136 cm³/mol. The Labute approximate surface area is 194 Å². The molecular weight excluding hydrogens is 372 g/mol. The fraction of sp³-hybridized carbons (Fsp3) is 0.806. The quantitative estimate of drug-likeness (QED) is 0.387.